The summed E-state index contributed by atoms with van der Waals surface area (Å²) >= 11 is 0. The molecule has 1 fully saturated rings. The minimum atomic E-state index is -0.837. The van der Waals surface area contributed by atoms with Gasteiger partial charge in [-0.2, -0.15) is 0 Å². The maximum absolute atomic E-state index is 11.6. The fraction of sp³-hybridized carbons (Fsp3) is 0.375. The van der Waals surface area contributed by atoms with Crippen molar-refractivity contribution in [1.29, 1.82) is 0 Å². The highest BCUT2D eigenvalue weighted by molar-refractivity contribution is 5.73. The van der Waals surface area contributed by atoms with Gasteiger partial charge >= 0.3 is 11.9 Å². The highest BCUT2D eigenvalue weighted by atomic mass is 16.6. The first kappa shape index (κ1) is 12.9. The van der Waals surface area contributed by atoms with Crippen molar-refractivity contribution in [3.05, 3.63) is 48.0 Å². The van der Waals surface area contributed by atoms with Gasteiger partial charge in [-0.05, 0) is 11.5 Å². The average Bonchev–Trinajstić information content (AvgIpc) is 2.81. The van der Waals surface area contributed by atoms with Crippen LogP contribution in [0.15, 0.2) is 42.5 Å². The monoisotopic (exact) mass is 272 g/mol. The van der Waals surface area contributed by atoms with E-state index in [2.05, 4.69) is 0 Å². The number of benzene rings is 1. The van der Waals surface area contributed by atoms with Gasteiger partial charge in [0.25, 0.3) is 0 Å². The van der Waals surface area contributed by atoms with E-state index in [0.717, 1.165) is 5.56 Å². The molecule has 1 aromatic rings. The van der Waals surface area contributed by atoms with Gasteiger partial charge in [0, 0.05) is 11.8 Å². The number of esters is 1. The number of carboxylic acid groups (broad SMARTS) is 1. The Balaban J connectivity index is 1.91. The molecular weight excluding hydrogens is 256 g/mol. The van der Waals surface area contributed by atoms with Crippen molar-refractivity contribution in [2.45, 2.75) is 24.9 Å². The lowest BCUT2D eigenvalue weighted by molar-refractivity contribution is -0.142. The van der Waals surface area contributed by atoms with Gasteiger partial charge in [0.15, 0.2) is 0 Å². The first-order valence-corrected chi connectivity index (χ1v) is 6.79. The Labute approximate surface area is 117 Å². The van der Waals surface area contributed by atoms with E-state index in [1.165, 1.54) is 0 Å². The van der Waals surface area contributed by atoms with Crippen LogP contribution in [0.25, 0.3) is 0 Å². The second-order valence-electron chi connectivity index (χ2n) is 5.41. The molecule has 1 heterocycles. The summed E-state index contributed by atoms with van der Waals surface area (Å²) in [5.41, 5.74) is 1.10. The number of carboxylic acids is 1. The zero-order valence-electron chi connectivity index (χ0n) is 10.9. The van der Waals surface area contributed by atoms with Gasteiger partial charge in [0.05, 0.1) is 12.8 Å². The smallest absolute Gasteiger partial charge is 0.306 e. The van der Waals surface area contributed by atoms with Gasteiger partial charge < -0.3 is 9.84 Å². The van der Waals surface area contributed by atoms with Gasteiger partial charge in [-0.25, -0.2) is 0 Å². The quantitative estimate of drug-likeness (QED) is 0.677. The summed E-state index contributed by atoms with van der Waals surface area (Å²) < 4.78 is 5.46. The summed E-state index contributed by atoms with van der Waals surface area (Å²) in [6, 6.07) is 9.88. The fourth-order valence-electron chi connectivity index (χ4n) is 3.24. The highest BCUT2D eigenvalue weighted by Crippen LogP contribution is 2.43. The third-order valence-electron chi connectivity index (χ3n) is 4.16. The molecule has 0 unspecified atom stereocenters. The molecule has 0 spiro atoms. The van der Waals surface area contributed by atoms with Crippen LogP contribution in [0.5, 0.6) is 0 Å². The Bertz CT molecular complexity index is 549. The predicted molar refractivity (Wildman–Crippen MR) is 72.1 cm³/mol. The van der Waals surface area contributed by atoms with Crippen molar-refractivity contribution in [2.24, 2.45) is 11.8 Å². The third-order valence-corrected chi connectivity index (χ3v) is 4.16. The van der Waals surface area contributed by atoms with Gasteiger partial charge in [0.1, 0.15) is 6.10 Å². The van der Waals surface area contributed by atoms with Crippen LogP contribution in [0, 0.1) is 11.8 Å². The Morgan fingerprint density at radius 2 is 2.00 bits per heavy atom. The SMILES string of the molecule is O=C(O)C[C@H]1C=C[C@H](c2ccccc2)[C@H]2OC(=O)C[C@H]21. The van der Waals surface area contributed by atoms with Crippen molar-refractivity contribution in [3.8, 4) is 0 Å². The Kier molecular flexibility index (Phi) is 3.30. The standard InChI is InChI=1S/C16H16O4/c17-14(18)8-11-6-7-12(10-4-2-1-3-5-10)16-13(11)9-15(19)20-16/h1-7,11-13,16H,8-9H2,(H,17,18)/t11-,12-,13+,16-/m1/s1. The Morgan fingerprint density at radius 3 is 2.70 bits per heavy atom. The normalized spacial score (nSPS) is 31.7. The molecule has 1 saturated heterocycles. The van der Waals surface area contributed by atoms with Crippen LogP contribution in [0.1, 0.15) is 24.3 Å². The van der Waals surface area contributed by atoms with E-state index in [0.29, 0.717) is 6.42 Å². The van der Waals surface area contributed by atoms with Crippen LogP contribution in [-0.2, 0) is 14.3 Å². The molecule has 104 valence electrons. The van der Waals surface area contributed by atoms with Crippen LogP contribution < -0.4 is 0 Å². The molecule has 0 bridgehead atoms. The zero-order valence-corrected chi connectivity index (χ0v) is 10.9. The van der Waals surface area contributed by atoms with Crippen molar-refractivity contribution >= 4 is 11.9 Å². The molecule has 20 heavy (non-hydrogen) atoms. The molecule has 4 heteroatoms. The second-order valence-corrected chi connectivity index (χ2v) is 5.41. The predicted octanol–water partition coefficient (Wildman–Crippen LogP) is 2.36. The maximum atomic E-state index is 11.6. The van der Waals surface area contributed by atoms with Gasteiger partial charge in [-0.1, -0.05) is 42.5 Å². The molecule has 0 amide bonds. The summed E-state index contributed by atoms with van der Waals surface area (Å²) in [5.74, 6) is -1.19. The van der Waals surface area contributed by atoms with Crippen molar-refractivity contribution in [2.75, 3.05) is 0 Å². The number of ether oxygens (including phenoxy) is 1. The first-order valence-electron chi connectivity index (χ1n) is 6.79. The number of rotatable bonds is 3. The minimum Gasteiger partial charge on any atom is -0.481 e. The van der Waals surface area contributed by atoms with E-state index in [1.54, 1.807) is 0 Å². The number of fused-ring (bicyclic) bond motifs is 1. The van der Waals surface area contributed by atoms with Crippen LogP contribution in [0.3, 0.4) is 0 Å². The van der Waals surface area contributed by atoms with E-state index in [1.807, 2.05) is 42.5 Å². The summed E-state index contributed by atoms with van der Waals surface area (Å²) in [4.78, 5) is 22.5. The summed E-state index contributed by atoms with van der Waals surface area (Å²) in [6.07, 6.45) is 4.06. The molecule has 0 saturated carbocycles. The van der Waals surface area contributed by atoms with Crippen LogP contribution in [0.4, 0.5) is 0 Å². The molecule has 1 aliphatic heterocycles. The molecule has 1 aliphatic carbocycles. The molecule has 0 aromatic heterocycles. The topological polar surface area (TPSA) is 63.6 Å². The fourth-order valence-corrected chi connectivity index (χ4v) is 3.24. The van der Waals surface area contributed by atoms with Gasteiger partial charge in [-0.3, -0.25) is 9.59 Å². The van der Waals surface area contributed by atoms with Gasteiger partial charge in [-0.15, -0.1) is 0 Å². The summed E-state index contributed by atoms with van der Waals surface area (Å²) in [6.45, 7) is 0. The molecule has 4 nitrogen and oxygen atoms in total. The van der Waals surface area contributed by atoms with Crippen LogP contribution in [0.2, 0.25) is 0 Å². The second kappa shape index (κ2) is 5.12. The molecule has 4 atom stereocenters. The van der Waals surface area contributed by atoms with E-state index in [4.69, 9.17) is 9.84 Å². The molecular formula is C16H16O4. The number of carbonyl (C=O) groups excluding carboxylic acids is 1. The minimum absolute atomic E-state index is 0.0256. The summed E-state index contributed by atoms with van der Waals surface area (Å²) in [5, 5.41) is 8.97. The average molecular weight is 272 g/mol. The number of hydrogen-bond donors (Lipinski definition) is 1. The van der Waals surface area contributed by atoms with Crippen molar-refractivity contribution in [3.63, 3.8) is 0 Å². The van der Waals surface area contributed by atoms with E-state index in [9.17, 15) is 9.59 Å². The number of carbonyl (C=O) groups is 2. The molecule has 2 aliphatic rings. The number of aliphatic carboxylic acids is 1. The lowest BCUT2D eigenvalue weighted by Crippen LogP contribution is -2.33. The lowest BCUT2D eigenvalue weighted by atomic mass is 9.73. The van der Waals surface area contributed by atoms with Crippen LogP contribution in [-0.4, -0.2) is 23.1 Å². The largest absolute Gasteiger partial charge is 0.481 e. The maximum Gasteiger partial charge on any atom is 0.306 e. The van der Waals surface area contributed by atoms with Crippen molar-refractivity contribution < 1.29 is 19.4 Å². The lowest BCUT2D eigenvalue weighted by Gasteiger charge is -2.32. The van der Waals surface area contributed by atoms with E-state index >= 15 is 0 Å². The highest BCUT2D eigenvalue weighted by Gasteiger charge is 2.45. The number of allylic oxidation sites excluding steroid dienone is 1. The Hall–Kier alpha value is -2.10. The van der Waals surface area contributed by atoms with Crippen LogP contribution >= 0.6 is 0 Å². The first-order chi connectivity index (χ1) is 9.65. The molecule has 1 N–H and O–H groups in total. The zero-order chi connectivity index (χ0) is 14.1. The van der Waals surface area contributed by atoms with Gasteiger partial charge in [0.2, 0.25) is 0 Å². The summed E-state index contributed by atoms with van der Waals surface area (Å²) in [7, 11) is 0. The molecule has 3 rings (SSSR count). The molecule has 1 aromatic carbocycles. The number of hydrogen-bond acceptors (Lipinski definition) is 3. The molecule has 0 radical (unpaired) electrons. The van der Waals surface area contributed by atoms with Crippen molar-refractivity contribution in [1.82, 2.24) is 0 Å². The van der Waals surface area contributed by atoms with E-state index < -0.39 is 5.97 Å². The van der Waals surface area contributed by atoms with E-state index in [-0.39, 0.29) is 36.2 Å². The third kappa shape index (κ3) is 2.33. The Morgan fingerprint density at radius 1 is 1.25 bits per heavy atom.